The Labute approximate surface area is 145 Å². The first-order valence-corrected chi connectivity index (χ1v) is 8.99. The molecule has 1 aliphatic heterocycles. The second-order valence-electron chi connectivity index (χ2n) is 6.06. The molecule has 5 nitrogen and oxygen atoms in total. The first kappa shape index (κ1) is 16.7. The highest BCUT2D eigenvalue weighted by Gasteiger charge is 2.20. The van der Waals surface area contributed by atoms with E-state index in [1.165, 1.54) is 11.3 Å². The highest BCUT2D eigenvalue weighted by Crippen LogP contribution is 2.16. The van der Waals surface area contributed by atoms with Gasteiger partial charge in [0.25, 0.3) is 11.8 Å². The molecule has 1 aromatic heterocycles. The SMILES string of the molecule is CC1CC(NC(=O)c2cccc(NC(=O)c3cccs3)c2)CCN1. The van der Waals surface area contributed by atoms with Gasteiger partial charge in [-0.3, -0.25) is 9.59 Å². The number of benzene rings is 1. The molecule has 2 amide bonds. The molecule has 2 heterocycles. The minimum Gasteiger partial charge on any atom is -0.349 e. The van der Waals surface area contributed by atoms with Crippen LogP contribution in [0.1, 0.15) is 39.8 Å². The predicted molar refractivity (Wildman–Crippen MR) is 96.7 cm³/mol. The number of thiophene rings is 1. The van der Waals surface area contributed by atoms with Gasteiger partial charge in [0.1, 0.15) is 0 Å². The van der Waals surface area contributed by atoms with E-state index in [0.717, 1.165) is 19.4 Å². The minimum atomic E-state index is -0.158. The van der Waals surface area contributed by atoms with E-state index in [1.807, 2.05) is 11.4 Å². The van der Waals surface area contributed by atoms with E-state index in [9.17, 15) is 9.59 Å². The van der Waals surface area contributed by atoms with Gasteiger partial charge in [0.05, 0.1) is 4.88 Å². The molecule has 2 aromatic rings. The lowest BCUT2D eigenvalue weighted by molar-refractivity contribution is 0.0924. The van der Waals surface area contributed by atoms with Gasteiger partial charge in [0.2, 0.25) is 0 Å². The zero-order valence-electron chi connectivity index (χ0n) is 13.5. The Balaban J connectivity index is 1.64. The lowest BCUT2D eigenvalue weighted by atomic mass is 10.00. The monoisotopic (exact) mass is 343 g/mol. The minimum absolute atomic E-state index is 0.0960. The molecule has 1 aromatic carbocycles. The van der Waals surface area contributed by atoms with Crippen LogP contribution in [0.25, 0.3) is 0 Å². The van der Waals surface area contributed by atoms with Crippen LogP contribution in [0, 0.1) is 0 Å². The standard InChI is InChI=1S/C18H21N3O2S/c1-12-10-15(7-8-19-12)20-17(22)13-4-2-5-14(11-13)21-18(23)16-6-3-9-24-16/h2-6,9,11-12,15,19H,7-8,10H2,1H3,(H,20,22)(H,21,23). The van der Waals surface area contributed by atoms with Crippen molar-refractivity contribution in [1.82, 2.24) is 10.6 Å². The van der Waals surface area contributed by atoms with Crippen molar-refractivity contribution >= 4 is 28.8 Å². The van der Waals surface area contributed by atoms with E-state index >= 15 is 0 Å². The third-order valence-corrected chi connectivity index (χ3v) is 4.96. The van der Waals surface area contributed by atoms with E-state index < -0.39 is 0 Å². The van der Waals surface area contributed by atoms with Crippen molar-refractivity contribution < 1.29 is 9.59 Å². The molecule has 6 heteroatoms. The first-order chi connectivity index (χ1) is 11.6. The van der Waals surface area contributed by atoms with Gasteiger partial charge in [-0.25, -0.2) is 0 Å². The normalized spacial score (nSPS) is 20.4. The molecular weight excluding hydrogens is 322 g/mol. The molecule has 3 rings (SSSR count). The van der Waals surface area contributed by atoms with Crippen LogP contribution in [0.4, 0.5) is 5.69 Å². The van der Waals surface area contributed by atoms with Gasteiger partial charge >= 0.3 is 0 Å². The largest absolute Gasteiger partial charge is 0.349 e. The van der Waals surface area contributed by atoms with Crippen LogP contribution in [0.3, 0.4) is 0 Å². The summed E-state index contributed by atoms with van der Waals surface area (Å²) >= 11 is 1.39. The average Bonchev–Trinajstić information content (AvgIpc) is 3.10. The van der Waals surface area contributed by atoms with Crippen LogP contribution < -0.4 is 16.0 Å². The zero-order valence-corrected chi connectivity index (χ0v) is 14.4. The highest BCUT2D eigenvalue weighted by molar-refractivity contribution is 7.12. The number of carbonyl (C=O) groups is 2. The van der Waals surface area contributed by atoms with Gasteiger partial charge in [-0.05, 0) is 56.0 Å². The summed E-state index contributed by atoms with van der Waals surface area (Å²) in [5.41, 5.74) is 1.19. The zero-order chi connectivity index (χ0) is 16.9. The Morgan fingerprint density at radius 3 is 2.83 bits per heavy atom. The quantitative estimate of drug-likeness (QED) is 0.799. The fourth-order valence-electron chi connectivity index (χ4n) is 2.87. The van der Waals surface area contributed by atoms with Crippen LogP contribution >= 0.6 is 11.3 Å². The fourth-order valence-corrected chi connectivity index (χ4v) is 3.49. The summed E-state index contributed by atoms with van der Waals surface area (Å²) in [6.45, 7) is 3.04. The van der Waals surface area contributed by atoms with E-state index in [4.69, 9.17) is 0 Å². The van der Waals surface area contributed by atoms with Gasteiger partial charge in [0, 0.05) is 23.3 Å². The van der Waals surface area contributed by atoms with Crippen LogP contribution in [-0.2, 0) is 0 Å². The predicted octanol–water partition coefficient (Wildman–Crippen LogP) is 2.87. The summed E-state index contributed by atoms with van der Waals surface area (Å²) in [6.07, 6.45) is 1.87. The summed E-state index contributed by atoms with van der Waals surface area (Å²) in [4.78, 5) is 25.2. The third-order valence-electron chi connectivity index (χ3n) is 4.09. The van der Waals surface area contributed by atoms with Gasteiger partial charge in [0.15, 0.2) is 0 Å². The van der Waals surface area contributed by atoms with Crippen LogP contribution in [0.2, 0.25) is 0 Å². The number of amides is 2. The van der Waals surface area contributed by atoms with Crippen molar-refractivity contribution in [2.24, 2.45) is 0 Å². The Bertz CT molecular complexity index is 715. The molecule has 2 unspecified atom stereocenters. The molecule has 0 saturated carbocycles. The van der Waals surface area contributed by atoms with Gasteiger partial charge < -0.3 is 16.0 Å². The third kappa shape index (κ3) is 4.21. The summed E-state index contributed by atoms with van der Waals surface area (Å²) in [7, 11) is 0. The fraction of sp³-hybridized carbons (Fsp3) is 0.333. The molecule has 0 bridgehead atoms. The highest BCUT2D eigenvalue weighted by atomic mass is 32.1. The van der Waals surface area contributed by atoms with Crippen molar-refractivity contribution in [3.63, 3.8) is 0 Å². The smallest absolute Gasteiger partial charge is 0.265 e. The number of nitrogens with one attached hydrogen (secondary N) is 3. The summed E-state index contributed by atoms with van der Waals surface area (Å²) in [5.74, 6) is -0.254. The Morgan fingerprint density at radius 2 is 2.08 bits per heavy atom. The maximum absolute atomic E-state index is 12.4. The van der Waals surface area contributed by atoms with Crippen molar-refractivity contribution in [1.29, 1.82) is 0 Å². The number of hydrogen-bond donors (Lipinski definition) is 3. The van der Waals surface area contributed by atoms with E-state index in [2.05, 4.69) is 22.9 Å². The number of anilines is 1. The average molecular weight is 343 g/mol. The molecule has 0 aliphatic carbocycles. The Hall–Kier alpha value is -2.18. The maximum atomic E-state index is 12.4. The summed E-state index contributed by atoms with van der Waals surface area (Å²) in [5, 5.41) is 11.1. The molecule has 1 aliphatic rings. The lowest BCUT2D eigenvalue weighted by Gasteiger charge is -2.28. The van der Waals surface area contributed by atoms with Crippen LogP contribution in [-0.4, -0.2) is 30.4 Å². The number of carbonyl (C=O) groups excluding carboxylic acids is 2. The van der Waals surface area contributed by atoms with Crippen molar-refractivity contribution in [2.45, 2.75) is 31.8 Å². The topological polar surface area (TPSA) is 70.2 Å². The van der Waals surface area contributed by atoms with E-state index in [1.54, 1.807) is 30.3 Å². The van der Waals surface area contributed by atoms with E-state index in [-0.39, 0.29) is 17.9 Å². The second kappa shape index (κ2) is 7.59. The molecule has 0 radical (unpaired) electrons. The number of piperidine rings is 1. The molecule has 2 atom stereocenters. The van der Waals surface area contributed by atoms with Gasteiger partial charge in [-0.2, -0.15) is 0 Å². The number of hydrogen-bond acceptors (Lipinski definition) is 4. The van der Waals surface area contributed by atoms with Crippen molar-refractivity contribution in [3.8, 4) is 0 Å². The first-order valence-electron chi connectivity index (χ1n) is 8.11. The van der Waals surface area contributed by atoms with Crippen LogP contribution in [0.15, 0.2) is 41.8 Å². The Kier molecular flexibility index (Phi) is 5.27. The summed E-state index contributed by atoms with van der Waals surface area (Å²) < 4.78 is 0. The van der Waals surface area contributed by atoms with Gasteiger partial charge in [-0.1, -0.05) is 12.1 Å². The summed E-state index contributed by atoms with van der Waals surface area (Å²) in [6, 6.07) is 11.3. The van der Waals surface area contributed by atoms with Crippen LogP contribution in [0.5, 0.6) is 0 Å². The Morgan fingerprint density at radius 1 is 1.21 bits per heavy atom. The molecule has 3 N–H and O–H groups in total. The molecule has 1 fully saturated rings. The number of rotatable bonds is 4. The maximum Gasteiger partial charge on any atom is 0.265 e. The van der Waals surface area contributed by atoms with Gasteiger partial charge in [-0.15, -0.1) is 11.3 Å². The molecule has 24 heavy (non-hydrogen) atoms. The second-order valence-corrected chi connectivity index (χ2v) is 7.01. The molecule has 1 saturated heterocycles. The molecular formula is C18H21N3O2S. The van der Waals surface area contributed by atoms with Crippen molar-refractivity contribution in [2.75, 3.05) is 11.9 Å². The van der Waals surface area contributed by atoms with Crippen molar-refractivity contribution in [3.05, 3.63) is 52.2 Å². The molecule has 126 valence electrons. The lowest BCUT2D eigenvalue weighted by Crippen LogP contribution is -2.46. The van der Waals surface area contributed by atoms with E-state index in [0.29, 0.717) is 22.2 Å². The molecule has 0 spiro atoms.